The smallest absolute Gasteiger partial charge is 0.208 e. The zero-order valence-corrected chi connectivity index (χ0v) is 8.78. The summed E-state index contributed by atoms with van der Waals surface area (Å²) in [4.78, 5) is 4.26. The van der Waals surface area contributed by atoms with E-state index in [1.807, 2.05) is 19.9 Å². The molecule has 0 bridgehead atoms. The molecule has 0 aliphatic carbocycles. The normalized spacial score (nSPS) is 10.8. The Labute approximate surface area is 87.5 Å². The zero-order valence-electron chi connectivity index (χ0n) is 8.78. The summed E-state index contributed by atoms with van der Waals surface area (Å²) < 4.78 is 10.1. The van der Waals surface area contributed by atoms with Gasteiger partial charge in [-0.3, -0.25) is 0 Å². The molecule has 15 heavy (non-hydrogen) atoms. The average Bonchev–Trinajstić information content (AvgIpc) is 2.79. The molecule has 5 heteroatoms. The first-order valence-corrected chi connectivity index (χ1v) is 4.78. The van der Waals surface area contributed by atoms with Crippen LogP contribution < -0.4 is 5.32 Å². The molecule has 2 aromatic heterocycles. The van der Waals surface area contributed by atoms with Crippen LogP contribution >= 0.6 is 0 Å². The van der Waals surface area contributed by atoms with Crippen LogP contribution in [0.1, 0.15) is 23.0 Å². The molecule has 2 aromatic rings. The monoisotopic (exact) mass is 207 g/mol. The van der Waals surface area contributed by atoms with Crippen LogP contribution in [-0.4, -0.2) is 10.1 Å². The highest BCUT2D eigenvalue weighted by Gasteiger charge is 2.04. The van der Waals surface area contributed by atoms with E-state index in [4.69, 9.17) is 8.94 Å². The van der Waals surface area contributed by atoms with Gasteiger partial charge in [-0.25, -0.2) is 4.98 Å². The molecule has 0 saturated carbocycles. The van der Waals surface area contributed by atoms with Crippen molar-refractivity contribution in [2.45, 2.75) is 26.9 Å². The van der Waals surface area contributed by atoms with E-state index in [2.05, 4.69) is 15.5 Å². The third-order valence-corrected chi connectivity index (χ3v) is 2.15. The van der Waals surface area contributed by atoms with Gasteiger partial charge in [0.2, 0.25) is 5.89 Å². The van der Waals surface area contributed by atoms with Crippen molar-refractivity contribution >= 4 is 0 Å². The zero-order chi connectivity index (χ0) is 10.7. The second kappa shape index (κ2) is 4.27. The number of rotatable bonds is 4. The molecule has 0 unspecified atom stereocenters. The molecule has 5 nitrogen and oxygen atoms in total. The van der Waals surface area contributed by atoms with Gasteiger partial charge in [-0.05, 0) is 13.8 Å². The van der Waals surface area contributed by atoms with Gasteiger partial charge in [-0.15, -0.1) is 0 Å². The maximum absolute atomic E-state index is 5.42. The quantitative estimate of drug-likeness (QED) is 0.824. The van der Waals surface area contributed by atoms with Crippen molar-refractivity contribution in [1.29, 1.82) is 0 Å². The summed E-state index contributed by atoms with van der Waals surface area (Å²) in [5.74, 6) is 1.57. The number of aryl methyl sites for hydroxylation is 2. The van der Waals surface area contributed by atoms with E-state index in [-0.39, 0.29) is 0 Å². The third kappa shape index (κ3) is 2.44. The van der Waals surface area contributed by atoms with Crippen LogP contribution in [0.2, 0.25) is 0 Å². The fourth-order valence-corrected chi connectivity index (χ4v) is 1.24. The average molecular weight is 207 g/mol. The Balaban J connectivity index is 1.83. The Bertz CT molecular complexity index is 400. The molecule has 0 aromatic carbocycles. The molecule has 2 heterocycles. The van der Waals surface area contributed by atoms with Gasteiger partial charge in [0.05, 0.1) is 17.9 Å². The van der Waals surface area contributed by atoms with E-state index in [1.165, 1.54) is 0 Å². The van der Waals surface area contributed by atoms with Gasteiger partial charge in [0.1, 0.15) is 12.0 Å². The highest BCUT2D eigenvalue weighted by atomic mass is 16.5. The minimum absolute atomic E-state index is 0.599. The lowest BCUT2D eigenvalue weighted by Crippen LogP contribution is -2.13. The second-order valence-electron chi connectivity index (χ2n) is 3.34. The minimum Gasteiger partial charge on any atom is -0.444 e. The molecule has 1 N–H and O–H groups in total. The Hall–Kier alpha value is -1.62. The van der Waals surface area contributed by atoms with Crippen LogP contribution in [-0.2, 0) is 13.1 Å². The number of hydrogen-bond donors (Lipinski definition) is 1. The molecule has 0 fully saturated rings. The van der Waals surface area contributed by atoms with Crippen molar-refractivity contribution in [1.82, 2.24) is 15.5 Å². The lowest BCUT2D eigenvalue weighted by Gasteiger charge is -1.96. The maximum atomic E-state index is 5.42. The lowest BCUT2D eigenvalue weighted by atomic mass is 10.4. The lowest BCUT2D eigenvalue weighted by molar-refractivity contribution is 0.404. The second-order valence-corrected chi connectivity index (χ2v) is 3.34. The molecule has 0 spiro atoms. The fraction of sp³-hybridized carbons (Fsp3) is 0.400. The number of nitrogens with zero attached hydrogens (tertiary/aromatic N) is 2. The standard InChI is InChI=1S/C10H13N3O2/c1-7-8(2)15-10(12-7)6-11-5-9-3-4-14-13-9/h3-4,11H,5-6H2,1-2H3. The highest BCUT2D eigenvalue weighted by molar-refractivity contribution is 5.05. The Kier molecular flexibility index (Phi) is 2.82. The van der Waals surface area contributed by atoms with Gasteiger partial charge >= 0.3 is 0 Å². The number of oxazole rings is 1. The predicted octanol–water partition coefficient (Wildman–Crippen LogP) is 1.57. The molecular weight excluding hydrogens is 194 g/mol. The summed E-state index contributed by atoms with van der Waals surface area (Å²) in [7, 11) is 0. The van der Waals surface area contributed by atoms with Crippen molar-refractivity contribution in [3.05, 3.63) is 35.4 Å². The fourth-order valence-electron chi connectivity index (χ4n) is 1.24. The van der Waals surface area contributed by atoms with Gasteiger partial charge in [0, 0.05) is 12.6 Å². The van der Waals surface area contributed by atoms with Crippen LogP contribution in [0.4, 0.5) is 0 Å². The van der Waals surface area contributed by atoms with E-state index in [1.54, 1.807) is 6.26 Å². The first-order chi connectivity index (χ1) is 7.25. The SMILES string of the molecule is Cc1nc(CNCc2ccon2)oc1C. The summed E-state index contributed by atoms with van der Waals surface area (Å²) in [5, 5.41) is 6.95. The minimum atomic E-state index is 0.599. The van der Waals surface area contributed by atoms with Gasteiger partial charge in [-0.1, -0.05) is 5.16 Å². The molecule has 0 amide bonds. The first kappa shape index (κ1) is 9.92. The summed E-state index contributed by atoms with van der Waals surface area (Å²) in [6.45, 7) is 5.09. The molecule has 0 aliphatic heterocycles. The molecule has 2 rings (SSSR count). The van der Waals surface area contributed by atoms with Crippen LogP contribution in [0.3, 0.4) is 0 Å². The molecule has 0 aliphatic rings. The van der Waals surface area contributed by atoms with Crippen LogP contribution in [0.15, 0.2) is 21.3 Å². The third-order valence-electron chi connectivity index (χ3n) is 2.15. The van der Waals surface area contributed by atoms with E-state index in [9.17, 15) is 0 Å². The summed E-state index contributed by atoms with van der Waals surface area (Å²) in [6.07, 6.45) is 1.55. The Morgan fingerprint density at radius 2 is 2.20 bits per heavy atom. The molecule has 80 valence electrons. The first-order valence-electron chi connectivity index (χ1n) is 4.78. The van der Waals surface area contributed by atoms with Crippen LogP contribution in [0.5, 0.6) is 0 Å². The number of nitrogens with one attached hydrogen (secondary N) is 1. The Morgan fingerprint density at radius 1 is 1.33 bits per heavy atom. The van der Waals surface area contributed by atoms with Crippen LogP contribution in [0.25, 0.3) is 0 Å². The summed E-state index contributed by atoms with van der Waals surface area (Å²) >= 11 is 0. The molecule has 0 radical (unpaired) electrons. The van der Waals surface area contributed by atoms with E-state index >= 15 is 0 Å². The topological polar surface area (TPSA) is 64.1 Å². The van der Waals surface area contributed by atoms with Crippen molar-refractivity contribution in [3.8, 4) is 0 Å². The van der Waals surface area contributed by atoms with Crippen molar-refractivity contribution in [2.24, 2.45) is 0 Å². The van der Waals surface area contributed by atoms with Crippen molar-refractivity contribution in [3.63, 3.8) is 0 Å². The van der Waals surface area contributed by atoms with E-state index in [0.717, 1.165) is 17.1 Å². The van der Waals surface area contributed by atoms with E-state index < -0.39 is 0 Å². The maximum Gasteiger partial charge on any atom is 0.208 e. The number of aromatic nitrogens is 2. The molecule has 0 atom stereocenters. The van der Waals surface area contributed by atoms with Gasteiger partial charge < -0.3 is 14.3 Å². The largest absolute Gasteiger partial charge is 0.444 e. The summed E-state index contributed by atoms with van der Waals surface area (Å²) in [5.41, 5.74) is 1.81. The molecule has 0 saturated heterocycles. The predicted molar refractivity (Wildman–Crippen MR) is 53.0 cm³/mol. The van der Waals surface area contributed by atoms with Gasteiger partial charge in [0.15, 0.2) is 0 Å². The summed E-state index contributed by atoms with van der Waals surface area (Å²) in [6, 6.07) is 1.82. The van der Waals surface area contributed by atoms with Crippen LogP contribution in [0, 0.1) is 13.8 Å². The van der Waals surface area contributed by atoms with Crippen molar-refractivity contribution in [2.75, 3.05) is 0 Å². The molecular formula is C10H13N3O2. The number of hydrogen-bond acceptors (Lipinski definition) is 5. The van der Waals surface area contributed by atoms with Gasteiger partial charge in [-0.2, -0.15) is 0 Å². The van der Waals surface area contributed by atoms with Crippen molar-refractivity contribution < 1.29 is 8.94 Å². The highest BCUT2D eigenvalue weighted by Crippen LogP contribution is 2.07. The van der Waals surface area contributed by atoms with Gasteiger partial charge in [0.25, 0.3) is 0 Å². The van der Waals surface area contributed by atoms with E-state index in [0.29, 0.717) is 19.0 Å². The Morgan fingerprint density at radius 3 is 2.80 bits per heavy atom.